The maximum Gasteiger partial charge on any atom is 0.251 e. The number of anilines is 1. The quantitative estimate of drug-likeness (QED) is 0.475. The number of nitrogens with one attached hydrogen (secondary N) is 2. The summed E-state index contributed by atoms with van der Waals surface area (Å²) < 4.78 is 3.29. The van der Waals surface area contributed by atoms with Crippen LogP contribution in [0.1, 0.15) is 35.3 Å². The van der Waals surface area contributed by atoms with E-state index in [0.29, 0.717) is 12.1 Å². The Morgan fingerprint density at radius 1 is 1.26 bits per heavy atom. The van der Waals surface area contributed by atoms with Crippen molar-refractivity contribution in [1.29, 1.82) is 0 Å². The lowest BCUT2D eigenvalue weighted by molar-refractivity contribution is 0.0951. The Balaban J connectivity index is 2.04. The first-order valence-electron chi connectivity index (χ1n) is 8.67. The maximum absolute atomic E-state index is 12.5. The molecule has 0 bridgehead atoms. The molecule has 0 aliphatic carbocycles. The molecule has 0 saturated heterocycles. The highest BCUT2D eigenvalue weighted by molar-refractivity contribution is 8.04. The summed E-state index contributed by atoms with van der Waals surface area (Å²) in [5.74, 6) is -0.111. The summed E-state index contributed by atoms with van der Waals surface area (Å²) in [5.41, 5.74) is 4.69. The number of carbonyl (C=O) groups excluding carboxylic acids is 1. The third-order valence-corrected chi connectivity index (χ3v) is 4.46. The van der Waals surface area contributed by atoms with Crippen LogP contribution in [0.5, 0.6) is 0 Å². The van der Waals surface area contributed by atoms with Gasteiger partial charge in [0.1, 0.15) is 0 Å². The Bertz CT molecular complexity index is 853. The van der Waals surface area contributed by atoms with Crippen molar-refractivity contribution in [3.8, 4) is 0 Å². The molecule has 0 radical (unpaired) electrons. The molecule has 0 unspecified atom stereocenters. The molecule has 140 valence electrons. The summed E-state index contributed by atoms with van der Waals surface area (Å²) in [6.45, 7) is 10.4. The lowest BCUT2D eigenvalue weighted by Gasteiger charge is -2.10. The number of carbonyl (C=O) groups is 1. The Morgan fingerprint density at radius 3 is 2.74 bits per heavy atom. The second kappa shape index (κ2) is 10.4. The molecule has 27 heavy (non-hydrogen) atoms. The normalized spacial score (nSPS) is 10.9. The highest BCUT2D eigenvalue weighted by atomic mass is 32.2. The second-order valence-corrected chi connectivity index (χ2v) is 7.23. The van der Waals surface area contributed by atoms with Gasteiger partial charge in [0.2, 0.25) is 0 Å². The van der Waals surface area contributed by atoms with Gasteiger partial charge in [-0.25, -0.2) is 0 Å². The van der Waals surface area contributed by atoms with Crippen molar-refractivity contribution in [3.63, 3.8) is 0 Å². The fraction of sp³-hybridized carbons (Fsp3) is 0.182. The number of amides is 1. The molecule has 0 saturated carbocycles. The molecule has 1 aromatic carbocycles. The molecule has 0 aliphatic heterocycles. The number of pyridine rings is 1. The summed E-state index contributed by atoms with van der Waals surface area (Å²) in [7, 11) is 0. The lowest BCUT2D eigenvalue weighted by Crippen LogP contribution is -2.23. The van der Waals surface area contributed by atoms with Gasteiger partial charge in [-0.1, -0.05) is 30.4 Å². The van der Waals surface area contributed by atoms with Gasteiger partial charge in [-0.2, -0.15) is 0 Å². The zero-order valence-corrected chi connectivity index (χ0v) is 16.8. The van der Waals surface area contributed by atoms with E-state index >= 15 is 0 Å². The molecule has 0 fully saturated rings. The predicted octanol–water partition coefficient (Wildman–Crippen LogP) is 5.42. The first-order valence-corrected chi connectivity index (χ1v) is 9.49. The van der Waals surface area contributed by atoms with Gasteiger partial charge in [-0.05, 0) is 74.2 Å². The van der Waals surface area contributed by atoms with Crippen molar-refractivity contribution >= 4 is 23.5 Å². The van der Waals surface area contributed by atoms with E-state index in [-0.39, 0.29) is 5.91 Å². The first-order chi connectivity index (χ1) is 13.0. The number of hydrogen-bond donors (Lipinski definition) is 2. The van der Waals surface area contributed by atoms with Crippen LogP contribution in [-0.4, -0.2) is 10.9 Å². The number of nitrogens with zero attached hydrogens (tertiary/aromatic N) is 1. The standard InChI is InChI=1S/C22H25N3OS/c1-5-21(9-8-16(2)3)27-25-20-12-17(4)11-19(13-20)22(26)24-15-18-7-6-10-23-14-18/h5-14,25H,1,15H2,2-4H3,(H,24,26)/b21-9+. The van der Waals surface area contributed by atoms with Crippen LogP contribution in [0, 0.1) is 6.92 Å². The number of hydrogen-bond acceptors (Lipinski definition) is 4. The fourth-order valence-corrected chi connectivity index (χ4v) is 2.84. The highest BCUT2D eigenvalue weighted by Crippen LogP contribution is 2.23. The Labute approximate surface area is 165 Å². The average molecular weight is 380 g/mol. The predicted molar refractivity (Wildman–Crippen MR) is 116 cm³/mol. The van der Waals surface area contributed by atoms with E-state index in [1.165, 1.54) is 17.5 Å². The molecule has 0 spiro atoms. The molecule has 0 aliphatic rings. The van der Waals surface area contributed by atoms with Gasteiger partial charge >= 0.3 is 0 Å². The van der Waals surface area contributed by atoms with Crippen molar-refractivity contribution in [3.05, 3.63) is 94.7 Å². The molecular weight excluding hydrogens is 354 g/mol. The molecule has 2 N–H and O–H groups in total. The van der Waals surface area contributed by atoms with Gasteiger partial charge in [-0.3, -0.25) is 9.78 Å². The van der Waals surface area contributed by atoms with Crippen molar-refractivity contribution in [1.82, 2.24) is 10.3 Å². The molecular formula is C22H25N3OS. The third-order valence-electron chi connectivity index (χ3n) is 3.58. The van der Waals surface area contributed by atoms with Crippen LogP contribution in [0.25, 0.3) is 0 Å². The minimum atomic E-state index is -0.111. The molecule has 1 heterocycles. The second-order valence-electron chi connectivity index (χ2n) is 6.35. The van der Waals surface area contributed by atoms with E-state index in [4.69, 9.17) is 0 Å². The summed E-state index contributed by atoms with van der Waals surface area (Å²) in [6.07, 6.45) is 9.31. The van der Waals surface area contributed by atoms with Gasteiger partial charge < -0.3 is 10.0 Å². The van der Waals surface area contributed by atoms with Gasteiger partial charge in [0.15, 0.2) is 0 Å². The number of benzene rings is 1. The highest BCUT2D eigenvalue weighted by Gasteiger charge is 2.08. The van der Waals surface area contributed by atoms with Crippen molar-refractivity contribution in [2.24, 2.45) is 0 Å². The molecule has 1 amide bonds. The van der Waals surface area contributed by atoms with Gasteiger partial charge in [0.05, 0.1) is 0 Å². The van der Waals surface area contributed by atoms with E-state index in [1.807, 2.05) is 63.3 Å². The Morgan fingerprint density at radius 2 is 2.07 bits per heavy atom. The van der Waals surface area contributed by atoms with Gasteiger partial charge in [0.25, 0.3) is 5.91 Å². The van der Waals surface area contributed by atoms with Crippen LogP contribution < -0.4 is 10.0 Å². The zero-order chi connectivity index (χ0) is 19.6. The molecule has 5 heteroatoms. The Kier molecular flexibility index (Phi) is 7.89. The summed E-state index contributed by atoms with van der Waals surface area (Å²) in [4.78, 5) is 17.5. The SMILES string of the molecule is C=C/C(=C\C=C(C)C)SNc1cc(C)cc(C(=O)NCc2cccnc2)c1. The summed E-state index contributed by atoms with van der Waals surface area (Å²) >= 11 is 1.46. The largest absolute Gasteiger partial charge is 0.348 e. The molecule has 1 aromatic heterocycles. The van der Waals surface area contributed by atoms with E-state index < -0.39 is 0 Å². The van der Waals surface area contributed by atoms with Gasteiger partial charge in [-0.15, -0.1) is 0 Å². The first kappa shape index (κ1) is 20.5. The number of aromatic nitrogens is 1. The van der Waals surface area contributed by atoms with Crippen LogP contribution in [0.4, 0.5) is 5.69 Å². The number of allylic oxidation sites excluding steroid dienone is 4. The minimum Gasteiger partial charge on any atom is -0.348 e. The molecule has 2 aromatic rings. The zero-order valence-electron chi connectivity index (χ0n) is 16.0. The Hall–Kier alpha value is -2.79. The third kappa shape index (κ3) is 7.15. The van der Waals surface area contributed by atoms with Crippen molar-refractivity contribution in [2.45, 2.75) is 27.3 Å². The van der Waals surface area contributed by atoms with Gasteiger partial charge in [0, 0.05) is 35.1 Å². The van der Waals surface area contributed by atoms with Crippen LogP contribution in [0.3, 0.4) is 0 Å². The van der Waals surface area contributed by atoms with Crippen LogP contribution in [0.2, 0.25) is 0 Å². The van der Waals surface area contributed by atoms with E-state index in [1.54, 1.807) is 18.5 Å². The van der Waals surface area contributed by atoms with Crippen molar-refractivity contribution in [2.75, 3.05) is 4.72 Å². The lowest BCUT2D eigenvalue weighted by atomic mass is 10.1. The minimum absolute atomic E-state index is 0.111. The molecule has 2 rings (SSSR count). The number of aryl methyl sites for hydroxylation is 1. The van der Waals surface area contributed by atoms with E-state index in [0.717, 1.165) is 21.7 Å². The monoisotopic (exact) mass is 379 g/mol. The van der Waals surface area contributed by atoms with E-state index in [2.05, 4.69) is 21.6 Å². The smallest absolute Gasteiger partial charge is 0.251 e. The summed E-state index contributed by atoms with van der Waals surface area (Å²) in [5, 5.41) is 2.93. The van der Waals surface area contributed by atoms with Crippen LogP contribution >= 0.6 is 11.9 Å². The average Bonchev–Trinajstić information content (AvgIpc) is 2.66. The number of rotatable bonds is 8. The summed E-state index contributed by atoms with van der Waals surface area (Å²) in [6, 6.07) is 9.52. The van der Waals surface area contributed by atoms with Crippen LogP contribution in [-0.2, 0) is 6.54 Å². The van der Waals surface area contributed by atoms with Crippen LogP contribution in [0.15, 0.2) is 78.0 Å². The maximum atomic E-state index is 12.5. The topological polar surface area (TPSA) is 54.0 Å². The molecule has 0 atom stereocenters. The fourth-order valence-electron chi connectivity index (χ4n) is 2.27. The van der Waals surface area contributed by atoms with E-state index in [9.17, 15) is 4.79 Å². The van der Waals surface area contributed by atoms with Crippen molar-refractivity contribution < 1.29 is 4.79 Å². The molecule has 4 nitrogen and oxygen atoms in total.